The second-order valence-corrected chi connectivity index (χ2v) is 4.37. The lowest BCUT2D eigenvalue weighted by molar-refractivity contribution is -0.137. The average molecular weight is 308 g/mol. The van der Waals surface area contributed by atoms with Crippen LogP contribution in [0.15, 0.2) is 53.6 Å². The van der Waals surface area contributed by atoms with Gasteiger partial charge in [-0.2, -0.15) is 18.3 Å². The molecule has 0 saturated heterocycles. The maximum absolute atomic E-state index is 12.4. The highest BCUT2D eigenvalue weighted by Crippen LogP contribution is 2.29. The highest BCUT2D eigenvalue weighted by atomic mass is 19.4. The third kappa shape index (κ3) is 4.08. The van der Waals surface area contributed by atoms with Gasteiger partial charge in [0.05, 0.1) is 23.0 Å². The van der Waals surface area contributed by atoms with Gasteiger partial charge in [-0.3, -0.25) is 5.43 Å². The SMILES string of the molecule is O=C(O)c1ccc(C=NNc2ccc(C(F)(F)F)cc2)cc1. The predicted octanol–water partition coefficient (Wildman–Crippen LogP) is 3.85. The van der Waals surface area contributed by atoms with E-state index in [0.29, 0.717) is 11.3 Å². The number of anilines is 1. The van der Waals surface area contributed by atoms with Crippen LogP contribution in [0.25, 0.3) is 0 Å². The van der Waals surface area contributed by atoms with Crippen LogP contribution in [-0.2, 0) is 6.18 Å². The summed E-state index contributed by atoms with van der Waals surface area (Å²) in [6, 6.07) is 10.5. The van der Waals surface area contributed by atoms with E-state index in [2.05, 4.69) is 10.5 Å². The van der Waals surface area contributed by atoms with Gasteiger partial charge in [0.2, 0.25) is 0 Å². The number of carbonyl (C=O) groups is 1. The fraction of sp³-hybridized carbons (Fsp3) is 0.0667. The minimum absolute atomic E-state index is 0.160. The number of rotatable bonds is 4. The predicted molar refractivity (Wildman–Crippen MR) is 76.1 cm³/mol. The monoisotopic (exact) mass is 308 g/mol. The van der Waals surface area contributed by atoms with Crippen molar-refractivity contribution < 1.29 is 23.1 Å². The Morgan fingerprint density at radius 1 is 1.05 bits per heavy atom. The number of hydrazone groups is 1. The fourth-order valence-corrected chi connectivity index (χ4v) is 1.63. The van der Waals surface area contributed by atoms with E-state index in [1.54, 1.807) is 12.1 Å². The molecule has 22 heavy (non-hydrogen) atoms. The molecule has 0 spiro atoms. The molecule has 0 aliphatic heterocycles. The molecule has 2 rings (SSSR count). The molecule has 0 aromatic heterocycles. The Balaban J connectivity index is 1.98. The summed E-state index contributed by atoms with van der Waals surface area (Å²) in [5, 5.41) is 12.6. The molecule has 0 bridgehead atoms. The van der Waals surface area contributed by atoms with Gasteiger partial charge in [0.25, 0.3) is 0 Å². The maximum Gasteiger partial charge on any atom is 0.416 e. The minimum atomic E-state index is -4.37. The van der Waals surface area contributed by atoms with Crippen molar-refractivity contribution in [3.05, 3.63) is 65.2 Å². The molecule has 0 unspecified atom stereocenters. The number of carboxylic acid groups (broad SMARTS) is 1. The number of hydrogen-bond acceptors (Lipinski definition) is 3. The molecule has 0 heterocycles. The van der Waals surface area contributed by atoms with E-state index in [4.69, 9.17) is 5.11 Å². The van der Waals surface area contributed by atoms with E-state index < -0.39 is 17.7 Å². The molecule has 4 nitrogen and oxygen atoms in total. The lowest BCUT2D eigenvalue weighted by Gasteiger charge is -2.07. The van der Waals surface area contributed by atoms with Crippen molar-refractivity contribution in [2.75, 3.05) is 5.43 Å². The molecule has 2 aromatic carbocycles. The molecule has 0 saturated carbocycles. The van der Waals surface area contributed by atoms with Crippen LogP contribution in [0.2, 0.25) is 0 Å². The largest absolute Gasteiger partial charge is 0.478 e. The molecule has 2 N–H and O–H groups in total. The number of benzene rings is 2. The van der Waals surface area contributed by atoms with Gasteiger partial charge in [0.1, 0.15) is 0 Å². The van der Waals surface area contributed by atoms with Crippen molar-refractivity contribution in [2.24, 2.45) is 5.10 Å². The molecule has 0 fully saturated rings. The van der Waals surface area contributed by atoms with Gasteiger partial charge in [-0.15, -0.1) is 0 Å². The summed E-state index contributed by atoms with van der Waals surface area (Å²) in [7, 11) is 0. The van der Waals surface area contributed by atoms with Crippen LogP contribution in [0, 0.1) is 0 Å². The summed E-state index contributed by atoms with van der Waals surface area (Å²) >= 11 is 0. The van der Waals surface area contributed by atoms with E-state index in [9.17, 15) is 18.0 Å². The molecular weight excluding hydrogens is 297 g/mol. The fourth-order valence-electron chi connectivity index (χ4n) is 1.63. The molecule has 114 valence electrons. The topological polar surface area (TPSA) is 61.7 Å². The van der Waals surface area contributed by atoms with Crippen LogP contribution in [0.1, 0.15) is 21.5 Å². The van der Waals surface area contributed by atoms with Gasteiger partial charge >= 0.3 is 12.1 Å². The van der Waals surface area contributed by atoms with E-state index in [1.165, 1.54) is 30.5 Å². The van der Waals surface area contributed by atoms with Gasteiger partial charge in [0.15, 0.2) is 0 Å². The molecule has 0 atom stereocenters. The second-order valence-electron chi connectivity index (χ2n) is 4.37. The van der Waals surface area contributed by atoms with Crippen molar-refractivity contribution in [3.63, 3.8) is 0 Å². The Labute approximate surface area is 123 Å². The van der Waals surface area contributed by atoms with Gasteiger partial charge in [-0.1, -0.05) is 12.1 Å². The Morgan fingerprint density at radius 2 is 1.64 bits per heavy atom. The van der Waals surface area contributed by atoms with Crippen LogP contribution in [-0.4, -0.2) is 17.3 Å². The van der Waals surface area contributed by atoms with Gasteiger partial charge in [-0.05, 0) is 42.0 Å². The Hall–Kier alpha value is -2.83. The minimum Gasteiger partial charge on any atom is -0.478 e. The Bertz CT molecular complexity index is 677. The van der Waals surface area contributed by atoms with E-state index >= 15 is 0 Å². The van der Waals surface area contributed by atoms with Crippen LogP contribution in [0.3, 0.4) is 0 Å². The van der Waals surface area contributed by atoms with Gasteiger partial charge < -0.3 is 5.11 Å². The van der Waals surface area contributed by atoms with Gasteiger partial charge in [-0.25, -0.2) is 4.79 Å². The Kier molecular flexibility index (Phi) is 4.45. The first-order valence-electron chi connectivity index (χ1n) is 6.16. The van der Waals surface area contributed by atoms with Crippen molar-refractivity contribution >= 4 is 17.9 Å². The first-order valence-corrected chi connectivity index (χ1v) is 6.16. The van der Waals surface area contributed by atoms with E-state index in [0.717, 1.165) is 12.1 Å². The number of alkyl halides is 3. The normalized spacial score (nSPS) is 11.6. The number of hydrogen-bond donors (Lipinski definition) is 2. The summed E-state index contributed by atoms with van der Waals surface area (Å²) in [4.78, 5) is 10.7. The van der Waals surface area contributed by atoms with E-state index in [-0.39, 0.29) is 5.56 Å². The zero-order valence-electron chi connectivity index (χ0n) is 11.1. The summed E-state index contributed by atoms with van der Waals surface area (Å²) in [5.74, 6) is -1.02. The first-order chi connectivity index (χ1) is 10.4. The van der Waals surface area contributed by atoms with Crippen molar-refractivity contribution in [3.8, 4) is 0 Å². The van der Waals surface area contributed by atoms with Crippen LogP contribution < -0.4 is 5.43 Å². The molecule has 0 aliphatic carbocycles. The number of carboxylic acids is 1. The van der Waals surface area contributed by atoms with Crippen LogP contribution in [0.4, 0.5) is 18.9 Å². The number of aromatic carboxylic acids is 1. The molecule has 0 aliphatic rings. The average Bonchev–Trinajstić information content (AvgIpc) is 2.47. The zero-order chi connectivity index (χ0) is 16.2. The summed E-state index contributed by atoms with van der Waals surface area (Å²) < 4.78 is 37.2. The highest BCUT2D eigenvalue weighted by molar-refractivity contribution is 5.89. The maximum atomic E-state index is 12.4. The first kappa shape index (κ1) is 15.6. The summed E-state index contributed by atoms with van der Waals surface area (Å²) in [5.41, 5.74) is 3.09. The summed E-state index contributed by atoms with van der Waals surface area (Å²) in [6.07, 6.45) is -2.93. The second kappa shape index (κ2) is 6.30. The van der Waals surface area contributed by atoms with Crippen LogP contribution in [0.5, 0.6) is 0 Å². The molecule has 2 aromatic rings. The highest BCUT2D eigenvalue weighted by Gasteiger charge is 2.29. The van der Waals surface area contributed by atoms with Crippen LogP contribution >= 0.6 is 0 Å². The third-order valence-electron chi connectivity index (χ3n) is 2.78. The quantitative estimate of drug-likeness (QED) is 0.666. The van der Waals surface area contributed by atoms with E-state index in [1.807, 2.05) is 0 Å². The Morgan fingerprint density at radius 3 is 2.14 bits per heavy atom. The lowest BCUT2D eigenvalue weighted by atomic mass is 10.1. The third-order valence-corrected chi connectivity index (χ3v) is 2.78. The number of nitrogens with zero attached hydrogens (tertiary/aromatic N) is 1. The van der Waals surface area contributed by atoms with Crippen molar-refractivity contribution in [1.29, 1.82) is 0 Å². The molecular formula is C15H11F3N2O2. The molecule has 7 heteroatoms. The molecule has 0 amide bonds. The van der Waals surface area contributed by atoms with Gasteiger partial charge in [0, 0.05) is 0 Å². The standard InChI is InChI=1S/C15H11F3N2O2/c16-15(17,18)12-5-7-13(8-6-12)20-19-9-10-1-3-11(4-2-10)14(21)22/h1-9,20H,(H,21,22). The lowest BCUT2D eigenvalue weighted by Crippen LogP contribution is -2.04. The number of halogens is 3. The van der Waals surface area contributed by atoms with Crippen molar-refractivity contribution in [1.82, 2.24) is 0 Å². The number of nitrogens with one attached hydrogen (secondary N) is 1. The molecule has 0 radical (unpaired) electrons. The summed E-state index contributed by atoms with van der Waals surface area (Å²) in [6.45, 7) is 0. The zero-order valence-corrected chi connectivity index (χ0v) is 11.1. The van der Waals surface area contributed by atoms with Crippen molar-refractivity contribution in [2.45, 2.75) is 6.18 Å². The smallest absolute Gasteiger partial charge is 0.416 e.